The van der Waals surface area contributed by atoms with E-state index < -0.39 is 6.04 Å². The number of likely N-dealkylation sites (tertiary alicyclic amines) is 1. The number of nitrogens with one attached hydrogen (secondary N) is 2. The average molecular weight is 363 g/mol. The lowest BCUT2D eigenvalue weighted by molar-refractivity contribution is -0.131. The summed E-state index contributed by atoms with van der Waals surface area (Å²) in [4.78, 5) is 27.4. The minimum Gasteiger partial charge on any atom is -0.370 e. The Morgan fingerprint density at radius 2 is 1.70 bits per heavy atom. The largest absolute Gasteiger partial charge is 0.370 e. The third-order valence-electron chi connectivity index (χ3n) is 5.15. The van der Waals surface area contributed by atoms with Crippen molar-refractivity contribution in [3.63, 3.8) is 0 Å². The van der Waals surface area contributed by atoms with Gasteiger partial charge < -0.3 is 15.5 Å². The third kappa shape index (κ3) is 4.30. The zero-order valence-electron chi connectivity index (χ0n) is 15.4. The smallest absolute Gasteiger partial charge is 0.251 e. The first-order chi connectivity index (χ1) is 13.2. The molecule has 0 radical (unpaired) electrons. The lowest BCUT2D eigenvalue weighted by Crippen LogP contribution is -2.36. The first-order valence-electron chi connectivity index (χ1n) is 9.72. The fourth-order valence-corrected chi connectivity index (χ4v) is 3.47. The zero-order chi connectivity index (χ0) is 18.6. The number of benzene rings is 2. The summed E-state index contributed by atoms with van der Waals surface area (Å²) < 4.78 is 0. The summed E-state index contributed by atoms with van der Waals surface area (Å²) in [6.45, 7) is 1.63. The van der Waals surface area contributed by atoms with Crippen molar-refractivity contribution in [2.45, 2.75) is 37.8 Å². The molecule has 1 unspecified atom stereocenters. The van der Waals surface area contributed by atoms with Gasteiger partial charge >= 0.3 is 0 Å². The molecule has 2 N–H and O–H groups in total. The van der Waals surface area contributed by atoms with Gasteiger partial charge in [0.15, 0.2) is 0 Å². The number of amides is 2. The number of hydrogen-bond acceptors (Lipinski definition) is 3. The lowest BCUT2D eigenvalue weighted by atomic mass is 10.0. The molecular formula is C22H25N3O2. The van der Waals surface area contributed by atoms with Crippen LogP contribution < -0.4 is 10.6 Å². The van der Waals surface area contributed by atoms with Crippen LogP contribution in [-0.4, -0.2) is 35.8 Å². The minimum absolute atomic E-state index is 0.0525. The predicted octanol–water partition coefficient (Wildman–Crippen LogP) is 3.35. The number of anilines is 1. The molecule has 2 aliphatic rings. The van der Waals surface area contributed by atoms with Crippen LogP contribution in [0.3, 0.4) is 0 Å². The van der Waals surface area contributed by atoms with Crippen LogP contribution >= 0.6 is 0 Å². The molecule has 2 aromatic rings. The van der Waals surface area contributed by atoms with E-state index in [-0.39, 0.29) is 11.8 Å². The predicted molar refractivity (Wildman–Crippen MR) is 106 cm³/mol. The molecule has 5 heteroatoms. The van der Waals surface area contributed by atoms with Gasteiger partial charge in [0.2, 0.25) is 5.91 Å². The van der Waals surface area contributed by atoms with Crippen LogP contribution in [0.1, 0.15) is 47.6 Å². The number of nitrogens with zero attached hydrogens (tertiary/aromatic N) is 1. The van der Waals surface area contributed by atoms with Crippen molar-refractivity contribution in [3.05, 3.63) is 65.7 Å². The van der Waals surface area contributed by atoms with E-state index in [1.165, 1.54) is 0 Å². The van der Waals surface area contributed by atoms with Crippen LogP contribution in [0.2, 0.25) is 0 Å². The highest BCUT2D eigenvalue weighted by Crippen LogP contribution is 2.25. The molecule has 1 aliphatic heterocycles. The molecule has 1 saturated heterocycles. The van der Waals surface area contributed by atoms with Crippen molar-refractivity contribution in [1.29, 1.82) is 0 Å². The van der Waals surface area contributed by atoms with Crippen LogP contribution in [-0.2, 0) is 4.79 Å². The Morgan fingerprint density at radius 1 is 0.963 bits per heavy atom. The minimum atomic E-state index is -0.453. The van der Waals surface area contributed by atoms with Gasteiger partial charge in [-0.3, -0.25) is 9.59 Å². The average Bonchev–Trinajstić information content (AvgIpc) is 3.35. The summed E-state index contributed by atoms with van der Waals surface area (Å²) in [5.74, 6) is 0.0369. The quantitative estimate of drug-likeness (QED) is 0.827. The van der Waals surface area contributed by atoms with Gasteiger partial charge in [-0.25, -0.2) is 0 Å². The van der Waals surface area contributed by atoms with Crippen LogP contribution in [0, 0.1) is 0 Å². The van der Waals surface area contributed by atoms with Crippen LogP contribution in [0.5, 0.6) is 0 Å². The molecular weight excluding hydrogens is 338 g/mol. The van der Waals surface area contributed by atoms with E-state index in [1.54, 1.807) is 0 Å². The molecule has 2 fully saturated rings. The molecule has 1 heterocycles. The zero-order valence-corrected chi connectivity index (χ0v) is 15.4. The van der Waals surface area contributed by atoms with Crippen molar-refractivity contribution in [1.82, 2.24) is 10.2 Å². The topological polar surface area (TPSA) is 61.4 Å². The van der Waals surface area contributed by atoms with Gasteiger partial charge in [-0.2, -0.15) is 0 Å². The number of carbonyl (C=O) groups is 2. The van der Waals surface area contributed by atoms with Gasteiger partial charge in [-0.05, 0) is 49.4 Å². The number of hydrogen-bond donors (Lipinski definition) is 2. The van der Waals surface area contributed by atoms with Gasteiger partial charge in [0.1, 0.15) is 6.04 Å². The van der Waals surface area contributed by atoms with Gasteiger partial charge in [0, 0.05) is 30.4 Å². The highest BCUT2D eigenvalue weighted by Gasteiger charge is 2.28. The monoisotopic (exact) mass is 363 g/mol. The Hall–Kier alpha value is -2.82. The Labute approximate surface area is 159 Å². The van der Waals surface area contributed by atoms with Crippen molar-refractivity contribution >= 4 is 17.5 Å². The normalized spacial score (nSPS) is 17.4. The molecule has 1 aliphatic carbocycles. The van der Waals surface area contributed by atoms with Crippen molar-refractivity contribution < 1.29 is 9.59 Å². The molecule has 27 heavy (non-hydrogen) atoms. The Bertz CT molecular complexity index is 811. The summed E-state index contributed by atoms with van der Waals surface area (Å²) in [7, 11) is 0. The molecule has 1 saturated carbocycles. The fourth-order valence-electron chi connectivity index (χ4n) is 3.47. The number of carbonyl (C=O) groups excluding carboxylic acids is 2. The highest BCUT2D eigenvalue weighted by molar-refractivity contribution is 5.95. The molecule has 140 valence electrons. The first kappa shape index (κ1) is 17.6. The lowest BCUT2D eigenvalue weighted by Gasteiger charge is -2.25. The Balaban J connectivity index is 1.55. The van der Waals surface area contributed by atoms with Crippen LogP contribution in [0.25, 0.3) is 0 Å². The van der Waals surface area contributed by atoms with E-state index in [4.69, 9.17) is 0 Å². The molecule has 4 rings (SSSR count). The maximum absolute atomic E-state index is 13.1. The van der Waals surface area contributed by atoms with E-state index in [0.717, 1.165) is 50.0 Å². The molecule has 2 amide bonds. The molecule has 0 aromatic heterocycles. The van der Waals surface area contributed by atoms with Crippen molar-refractivity contribution in [2.24, 2.45) is 0 Å². The molecule has 0 spiro atoms. The van der Waals surface area contributed by atoms with E-state index in [2.05, 4.69) is 10.6 Å². The standard InChI is InChI=1S/C22H25N3O2/c26-21(24-18-11-12-18)17-9-6-10-19(15-17)23-20(16-7-2-1-3-8-16)22(27)25-13-4-5-14-25/h1-3,6-10,15,18,20,23H,4-5,11-14H2,(H,24,26). The van der Waals surface area contributed by atoms with Crippen LogP contribution in [0.15, 0.2) is 54.6 Å². The van der Waals surface area contributed by atoms with Crippen molar-refractivity contribution in [2.75, 3.05) is 18.4 Å². The molecule has 1 atom stereocenters. The maximum atomic E-state index is 13.1. The molecule has 5 nitrogen and oxygen atoms in total. The summed E-state index contributed by atoms with van der Waals surface area (Å²) >= 11 is 0. The van der Waals surface area contributed by atoms with Crippen LogP contribution in [0.4, 0.5) is 5.69 Å². The third-order valence-corrected chi connectivity index (χ3v) is 5.15. The van der Waals surface area contributed by atoms with E-state index in [9.17, 15) is 9.59 Å². The first-order valence-corrected chi connectivity index (χ1v) is 9.72. The second kappa shape index (κ2) is 7.82. The van der Waals surface area contributed by atoms with Gasteiger partial charge in [-0.1, -0.05) is 36.4 Å². The number of rotatable bonds is 6. The van der Waals surface area contributed by atoms with E-state index >= 15 is 0 Å². The molecule has 0 bridgehead atoms. The maximum Gasteiger partial charge on any atom is 0.251 e. The summed E-state index contributed by atoms with van der Waals surface area (Å²) in [6, 6.07) is 17.0. The summed E-state index contributed by atoms with van der Waals surface area (Å²) in [6.07, 6.45) is 4.24. The van der Waals surface area contributed by atoms with E-state index in [0.29, 0.717) is 11.6 Å². The Kier molecular flexibility index (Phi) is 5.10. The fraction of sp³-hybridized carbons (Fsp3) is 0.364. The van der Waals surface area contributed by atoms with Gasteiger partial charge in [0.25, 0.3) is 5.91 Å². The van der Waals surface area contributed by atoms with E-state index in [1.807, 2.05) is 59.5 Å². The SMILES string of the molecule is O=C(NC1CC1)c1cccc(NC(C(=O)N2CCCC2)c2ccccc2)c1. The second-order valence-electron chi connectivity index (χ2n) is 7.35. The molecule has 2 aromatic carbocycles. The summed E-state index contributed by atoms with van der Waals surface area (Å²) in [5.41, 5.74) is 2.33. The second-order valence-corrected chi connectivity index (χ2v) is 7.35. The van der Waals surface area contributed by atoms with Gasteiger partial charge in [-0.15, -0.1) is 0 Å². The summed E-state index contributed by atoms with van der Waals surface area (Å²) in [5, 5.41) is 6.37. The van der Waals surface area contributed by atoms with Gasteiger partial charge in [0.05, 0.1) is 0 Å². The van der Waals surface area contributed by atoms with Crippen molar-refractivity contribution in [3.8, 4) is 0 Å². The Morgan fingerprint density at radius 3 is 2.41 bits per heavy atom. The highest BCUT2D eigenvalue weighted by atomic mass is 16.2.